The Hall–Kier alpha value is -0.850. The van der Waals surface area contributed by atoms with E-state index >= 15 is 0 Å². The number of halogens is 1. The summed E-state index contributed by atoms with van der Waals surface area (Å²) in [5, 5.41) is 0.943. The second kappa shape index (κ2) is 7.24. The predicted octanol–water partition coefficient (Wildman–Crippen LogP) is 4.68. The van der Waals surface area contributed by atoms with Gasteiger partial charge < -0.3 is 4.74 Å². The lowest BCUT2D eigenvalue weighted by molar-refractivity contribution is 0.0519. The molecule has 0 aliphatic rings. The van der Waals surface area contributed by atoms with Gasteiger partial charge in [0.25, 0.3) is 0 Å². The van der Waals surface area contributed by atoms with Crippen LogP contribution in [0.1, 0.15) is 27.3 Å². The molecule has 6 heteroatoms. The minimum atomic E-state index is -0.332. The fourth-order valence-electron chi connectivity index (χ4n) is 1.58. The zero-order chi connectivity index (χ0) is 14.5. The van der Waals surface area contributed by atoms with Crippen molar-refractivity contribution in [2.75, 3.05) is 6.61 Å². The highest BCUT2D eigenvalue weighted by molar-refractivity contribution is 9.10. The van der Waals surface area contributed by atoms with E-state index in [1.54, 1.807) is 30.0 Å². The summed E-state index contributed by atoms with van der Waals surface area (Å²) in [5.74, 6) is 0.424. The van der Waals surface area contributed by atoms with Gasteiger partial charge in [0, 0.05) is 14.2 Å². The number of aryl methyl sites for hydroxylation is 1. The number of aromatic nitrogens is 1. The van der Waals surface area contributed by atoms with Crippen LogP contribution in [0.15, 0.2) is 33.6 Å². The number of hydrogen-bond donors (Lipinski definition) is 0. The van der Waals surface area contributed by atoms with Gasteiger partial charge in [0.2, 0.25) is 0 Å². The Bertz CT molecular complexity index is 596. The van der Waals surface area contributed by atoms with Crippen LogP contribution in [0.4, 0.5) is 0 Å². The first-order valence-corrected chi connectivity index (χ1v) is 8.71. The lowest BCUT2D eigenvalue weighted by Gasteiger charge is -1.99. The first-order chi connectivity index (χ1) is 9.60. The van der Waals surface area contributed by atoms with E-state index in [2.05, 4.69) is 33.0 Å². The first kappa shape index (κ1) is 15.5. The van der Waals surface area contributed by atoms with Crippen molar-refractivity contribution < 1.29 is 9.53 Å². The van der Waals surface area contributed by atoms with Crippen LogP contribution in [0.2, 0.25) is 0 Å². The highest BCUT2D eigenvalue weighted by atomic mass is 79.9. The maximum atomic E-state index is 11.7. The summed E-state index contributed by atoms with van der Waals surface area (Å²) in [6.45, 7) is 4.07. The van der Waals surface area contributed by atoms with Crippen molar-refractivity contribution in [1.82, 2.24) is 4.98 Å². The lowest BCUT2D eigenvalue weighted by atomic mass is 10.4. The summed E-state index contributed by atoms with van der Waals surface area (Å²) in [5.41, 5.74) is 0.447. The van der Waals surface area contributed by atoms with Crippen molar-refractivity contribution in [3.05, 3.63) is 44.3 Å². The van der Waals surface area contributed by atoms with Crippen molar-refractivity contribution in [3.63, 3.8) is 0 Å². The Kier molecular flexibility index (Phi) is 5.63. The molecule has 1 heterocycles. The Morgan fingerprint density at radius 3 is 2.75 bits per heavy atom. The fourth-order valence-corrected chi connectivity index (χ4v) is 3.65. The van der Waals surface area contributed by atoms with E-state index in [-0.39, 0.29) is 5.97 Å². The second-order valence-electron chi connectivity index (χ2n) is 3.98. The number of carbonyl (C=O) groups is 1. The monoisotopic (exact) mass is 371 g/mol. The molecule has 106 valence electrons. The molecule has 20 heavy (non-hydrogen) atoms. The SMILES string of the molecule is CCOC(=O)c1nc(CSc2ccc(Br)cc2)sc1C. The average Bonchev–Trinajstić information content (AvgIpc) is 2.80. The molecule has 0 saturated carbocycles. The van der Waals surface area contributed by atoms with Crippen molar-refractivity contribution >= 4 is 45.0 Å². The van der Waals surface area contributed by atoms with Crippen LogP contribution >= 0.6 is 39.0 Å². The van der Waals surface area contributed by atoms with Gasteiger partial charge in [-0.25, -0.2) is 9.78 Å². The maximum Gasteiger partial charge on any atom is 0.358 e. The molecule has 3 nitrogen and oxygen atoms in total. The standard InChI is InChI=1S/C14H14BrNO2S2/c1-3-18-14(17)13-9(2)20-12(16-13)8-19-11-6-4-10(15)5-7-11/h4-7H,3,8H2,1-2H3. The van der Waals surface area contributed by atoms with Gasteiger partial charge in [-0.2, -0.15) is 0 Å². The van der Waals surface area contributed by atoms with Gasteiger partial charge >= 0.3 is 5.97 Å². The van der Waals surface area contributed by atoms with E-state index in [9.17, 15) is 4.79 Å². The number of benzene rings is 1. The molecule has 1 aromatic heterocycles. The molecule has 0 unspecified atom stereocenters. The molecule has 0 spiro atoms. The highest BCUT2D eigenvalue weighted by Gasteiger charge is 2.16. The molecule has 2 rings (SSSR count). The number of hydrogen-bond acceptors (Lipinski definition) is 5. The van der Waals surface area contributed by atoms with Crippen LogP contribution in [-0.4, -0.2) is 17.6 Å². The predicted molar refractivity (Wildman–Crippen MR) is 86.5 cm³/mol. The minimum Gasteiger partial charge on any atom is -0.461 e. The van der Waals surface area contributed by atoms with Crippen molar-refractivity contribution in [2.45, 2.75) is 24.5 Å². The number of nitrogens with zero attached hydrogens (tertiary/aromatic N) is 1. The summed E-state index contributed by atoms with van der Waals surface area (Å²) in [7, 11) is 0. The zero-order valence-electron chi connectivity index (χ0n) is 11.2. The Morgan fingerprint density at radius 2 is 2.10 bits per heavy atom. The molecule has 0 radical (unpaired) electrons. The van der Waals surface area contributed by atoms with Gasteiger partial charge in [-0.1, -0.05) is 15.9 Å². The van der Waals surface area contributed by atoms with Crippen LogP contribution in [0, 0.1) is 6.92 Å². The first-order valence-electron chi connectivity index (χ1n) is 6.12. The third-order valence-corrected chi connectivity index (χ3v) is 5.19. The molecule has 0 aliphatic carbocycles. The van der Waals surface area contributed by atoms with Crippen molar-refractivity contribution in [2.24, 2.45) is 0 Å². The molecule has 0 amide bonds. The Morgan fingerprint density at radius 1 is 1.40 bits per heavy atom. The molecule has 0 aliphatic heterocycles. The largest absolute Gasteiger partial charge is 0.461 e. The van der Waals surface area contributed by atoms with Gasteiger partial charge in [-0.15, -0.1) is 23.1 Å². The third kappa shape index (κ3) is 4.07. The highest BCUT2D eigenvalue weighted by Crippen LogP contribution is 2.27. The average molecular weight is 372 g/mol. The van der Waals surface area contributed by atoms with E-state index in [0.717, 1.165) is 20.1 Å². The lowest BCUT2D eigenvalue weighted by Crippen LogP contribution is -2.06. The molecule has 0 atom stereocenters. The number of esters is 1. The number of rotatable bonds is 5. The number of ether oxygens (including phenoxy) is 1. The van der Waals surface area contributed by atoms with Crippen LogP contribution in [0.5, 0.6) is 0 Å². The molecular formula is C14H14BrNO2S2. The fraction of sp³-hybridized carbons (Fsp3) is 0.286. The van der Waals surface area contributed by atoms with Crippen LogP contribution in [0.3, 0.4) is 0 Å². The number of carbonyl (C=O) groups excluding carboxylic acids is 1. The van der Waals surface area contributed by atoms with Gasteiger partial charge in [0.05, 0.1) is 12.4 Å². The molecular weight excluding hydrogens is 358 g/mol. The van der Waals surface area contributed by atoms with E-state index in [1.165, 1.54) is 4.90 Å². The Labute approximate surface area is 134 Å². The Balaban J connectivity index is 2.01. The van der Waals surface area contributed by atoms with E-state index in [1.807, 2.05) is 19.1 Å². The van der Waals surface area contributed by atoms with Crippen LogP contribution in [0.25, 0.3) is 0 Å². The van der Waals surface area contributed by atoms with Crippen molar-refractivity contribution in [1.29, 1.82) is 0 Å². The molecule has 0 saturated heterocycles. The molecule has 0 N–H and O–H groups in total. The number of thiazole rings is 1. The molecule has 2 aromatic rings. The maximum absolute atomic E-state index is 11.7. The van der Waals surface area contributed by atoms with Crippen LogP contribution < -0.4 is 0 Å². The van der Waals surface area contributed by atoms with Gasteiger partial charge in [-0.3, -0.25) is 0 Å². The van der Waals surface area contributed by atoms with Crippen LogP contribution in [-0.2, 0) is 10.5 Å². The third-order valence-electron chi connectivity index (χ3n) is 2.49. The van der Waals surface area contributed by atoms with Gasteiger partial charge in [0.15, 0.2) is 5.69 Å². The van der Waals surface area contributed by atoms with E-state index < -0.39 is 0 Å². The summed E-state index contributed by atoms with van der Waals surface area (Å²) in [6.07, 6.45) is 0. The van der Waals surface area contributed by atoms with E-state index in [4.69, 9.17) is 4.74 Å². The van der Waals surface area contributed by atoms with E-state index in [0.29, 0.717) is 12.3 Å². The summed E-state index contributed by atoms with van der Waals surface area (Å²) in [6, 6.07) is 8.14. The normalized spacial score (nSPS) is 10.6. The second-order valence-corrected chi connectivity index (χ2v) is 7.23. The zero-order valence-corrected chi connectivity index (χ0v) is 14.4. The molecule has 0 fully saturated rings. The van der Waals surface area contributed by atoms with Gasteiger partial charge in [0.1, 0.15) is 5.01 Å². The smallest absolute Gasteiger partial charge is 0.358 e. The summed E-state index contributed by atoms with van der Waals surface area (Å²) in [4.78, 5) is 18.2. The minimum absolute atomic E-state index is 0.332. The molecule has 0 bridgehead atoms. The molecule has 1 aromatic carbocycles. The van der Waals surface area contributed by atoms with Gasteiger partial charge in [-0.05, 0) is 38.1 Å². The summed E-state index contributed by atoms with van der Waals surface area (Å²) < 4.78 is 6.06. The summed E-state index contributed by atoms with van der Waals surface area (Å²) >= 11 is 6.67. The quantitative estimate of drug-likeness (QED) is 0.564. The number of thioether (sulfide) groups is 1. The van der Waals surface area contributed by atoms with Crippen molar-refractivity contribution in [3.8, 4) is 0 Å². The topological polar surface area (TPSA) is 39.2 Å².